The zero-order valence-electron chi connectivity index (χ0n) is 11.8. The van der Waals surface area contributed by atoms with Crippen molar-refractivity contribution in [2.24, 2.45) is 16.7 Å². The number of hydrogen-bond acceptors (Lipinski definition) is 1. The second-order valence-electron chi connectivity index (χ2n) is 7.43. The second kappa shape index (κ2) is 4.26. The molecule has 1 saturated heterocycles. The number of piperidine rings is 1. The molecular formula is C16H29N. The average molecular weight is 235 g/mol. The Kier molecular flexibility index (Phi) is 3.01. The van der Waals surface area contributed by atoms with Gasteiger partial charge in [-0.1, -0.05) is 20.3 Å². The summed E-state index contributed by atoms with van der Waals surface area (Å²) < 4.78 is 0. The highest BCUT2D eigenvalue weighted by atomic mass is 15.1. The highest BCUT2D eigenvalue weighted by Crippen LogP contribution is 2.67. The van der Waals surface area contributed by atoms with Gasteiger partial charge in [0.05, 0.1) is 0 Å². The lowest BCUT2D eigenvalue weighted by atomic mass is 9.67. The van der Waals surface area contributed by atoms with Crippen LogP contribution in [0.5, 0.6) is 0 Å². The van der Waals surface area contributed by atoms with Crippen LogP contribution in [0.4, 0.5) is 0 Å². The molecule has 0 atom stereocenters. The lowest BCUT2D eigenvalue weighted by molar-refractivity contribution is 0.0903. The van der Waals surface area contributed by atoms with Crippen LogP contribution in [0.2, 0.25) is 0 Å². The monoisotopic (exact) mass is 235 g/mol. The van der Waals surface area contributed by atoms with Crippen LogP contribution in [-0.2, 0) is 0 Å². The van der Waals surface area contributed by atoms with E-state index in [4.69, 9.17) is 0 Å². The second-order valence-corrected chi connectivity index (χ2v) is 7.43. The van der Waals surface area contributed by atoms with E-state index in [2.05, 4.69) is 18.7 Å². The molecule has 1 aliphatic heterocycles. The summed E-state index contributed by atoms with van der Waals surface area (Å²) in [4.78, 5) is 2.74. The summed E-state index contributed by atoms with van der Waals surface area (Å²) >= 11 is 0. The molecule has 1 heteroatoms. The van der Waals surface area contributed by atoms with Crippen molar-refractivity contribution in [1.82, 2.24) is 4.90 Å². The lowest BCUT2D eigenvalue weighted by Gasteiger charge is -2.40. The molecule has 1 heterocycles. The molecule has 0 aromatic rings. The average Bonchev–Trinajstić information content (AvgIpc) is 2.75. The Hall–Kier alpha value is -0.0400. The molecule has 1 nitrogen and oxygen atoms in total. The molecule has 0 N–H and O–H groups in total. The minimum absolute atomic E-state index is 0.642. The molecule has 17 heavy (non-hydrogen) atoms. The quantitative estimate of drug-likeness (QED) is 0.712. The fourth-order valence-corrected chi connectivity index (χ4v) is 5.10. The van der Waals surface area contributed by atoms with Gasteiger partial charge in [-0.2, -0.15) is 0 Å². The molecule has 0 radical (unpaired) electrons. The number of rotatable bonds is 3. The van der Waals surface area contributed by atoms with Crippen molar-refractivity contribution in [3.05, 3.63) is 0 Å². The normalized spacial score (nSPS) is 40.9. The van der Waals surface area contributed by atoms with Crippen molar-refractivity contribution in [3.63, 3.8) is 0 Å². The van der Waals surface area contributed by atoms with Gasteiger partial charge in [0.25, 0.3) is 0 Å². The van der Waals surface area contributed by atoms with Crippen molar-refractivity contribution in [3.8, 4) is 0 Å². The minimum atomic E-state index is 0.642. The Balaban J connectivity index is 1.60. The van der Waals surface area contributed by atoms with Crippen LogP contribution >= 0.6 is 0 Å². The summed E-state index contributed by atoms with van der Waals surface area (Å²) in [6.07, 6.45) is 11.9. The molecule has 2 aliphatic carbocycles. The van der Waals surface area contributed by atoms with Crippen LogP contribution in [-0.4, -0.2) is 24.5 Å². The van der Waals surface area contributed by atoms with Gasteiger partial charge < -0.3 is 4.90 Å². The Bertz CT molecular complexity index is 267. The third-order valence-electron chi connectivity index (χ3n) is 6.69. The van der Waals surface area contributed by atoms with Crippen LogP contribution in [0.1, 0.15) is 65.2 Å². The maximum Gasteiger partial charge on any atom is -0.00132 e. The van der Waals surface area contributed by atoms with E-state index in [1.807, 2.05) is 0 Å². The van der Waals surface area contributed by atoms with Gasteiger partial charge in [0, 0.05) is 0 Å². The third kappa shape index (κ3) is 1.85. The molecular weight excluding hydrogens is 206 g/mol. The predicted molar refractivity (Wildman–Crippen MR) is 73.1 cm³/mol. The standard InChI is InChI=1S/C16H29N/c1-15(2)14-6-8-16(15,9-7-14)10-13-17-11-4-3-5-12-17/h14H,3-13H2,1-2H3. The molecule has 2 saturated carbocycles. The molecule has 0 amide bonds. The van der Waals surface area contributed by atoms with E-state index < -0.39 is 0 Å². The van der Waals surface area contributed by atoms with Gasteiger partial charge in [-0.25, -0.2) is 0 Å². The van der Waals surface area contributed by atoms with Crippen molar-refractivity contribution in [1.29, 1.82) is 0 Å². The van der Waals surface area contributed by atoms with E-state index in [0.29, 0.717) is 5.41 Å². The summed E-state index contributed by atoms with van der Waals surface area (Å²) in [5, 5.41) is 0. The molecule has 98 valence electrons. The summed E-state index contributed by atoms with van der Waals surface area (Å²) in [6, 6.07) is 0. The fourth-order valence-electron chi connectivity index (χ4n) is 5.10. The maximum absolute atomic E-state index is 2.74. The molecule has 0 spiro atoms. The fraction of sp³-hybridized carbons (Fsp3) is 1.00. The highest BCUT2D eigenvalue weighted by molar-refractivity contribution is 5.08. The van der Waals surface area contributed by atoms with Gasteiger partial charge in [-0.3, -0.25) is 0 Å². The van der Waals surface area contributed by atoms with Crippen molar-refractivity contribution in [2.45, 2.75) is 65.2 Å². The van der Waals surface area contributed by atoms with Gasteiger partial charge in [-0.05, 0) is 81.3 Å². The first-order valence-corrected chi connectivity index (χ1v) is 7.86. The van der Waals surface area contributed by atoms with Crippen LogP contribution in [0, 0.1) is 16.7 Å². The van der Waals surface area contributed by atoms with Gasteiger partial charge in [0.1, 0.15) is 0 Å². The zero-order chi connectivity index (χ0) is 11.9. The smallest absolute Gasteiger partial charge is 0.00132 e. The summed E-state index contributed by atoms with van der Waals surface area (Å²) in [6.45, 7) is 9.26. The van der Waals surface area contributed by atoms with E-state index in [1.165, 1.54) is 71.0 Å². The van der Waals surface area contributed by atoms with E-state index in [-0.39, 0.29) is 0 Å². The highest BCUT2D eigenvalue weighted by Gasteiger charge is 2.58. The molecule has 3 aliphatic rings. The van der Waals surface area contributed by atoms with E-state index >= 15 is 0 Å². The molecule has 3 fully saturated rings. The van der Waals surface area contributed by atoms with Gasteiger partial charge in [-0.15, -0.1) is 0 Å². The van der Waals surface area contributed by atoms with E-state index in [1.54, 1.807) is 0 Å². The van der Waals surface area contributed by atoms with Crippen molar-refractivity contribution >= 4 is 0 Å². The first kappa shape index (κ1) is 12.0. The van der Waals surface area contributed by atoms with Crippen LogP contribution in [0.25, 0.3) is 0 Å². The zero-order valence-corrected chi connectivity index (χ0v) is 11.8. The molecule has 2 bridgehead atoms. The Morgan fingerprint density at radius 1 is 1.00 bits per heavy atom. The number of fused-ring (bicyclic) bond motifs is 2. The predicted octanol–water partition coefficient (Wildman–Crippen LogP) is 4.08. The van der Waals surface area contributed by atoms with Crippen LogP contribution in [0.3, 0.4) is 0 Å². The van der Waals surface area contributed by atoms with E-state index in [0.717, 1.165) is 11.3 Å². The number of hydrogen-bond donors (Lipinski definition) is 0. The molecule has 0 aromatic heterocycles. The number of likely N-dealkylation sites (tertiary alicyclic amines) is 1. The summed E-state index contributed by atoms with van der Waals surface area (Å²) in [5.74, 6) is 1.05. The first-order valence-electron chi connectivity index (χ1n) is 7.86. The molecule has 0 aromatic carbocycles. The maximum atomic E-state index is 2.74. The van der Waals surface area contributed by atoms with Crippen LogP contribution < -0.4 is 0 Å². The number of nitrogens with zero attached hydrogens (tertiary/aromatic N) is 1. The van der Waals surface area contributed by atoms with Gasteiger partial charge in [0.2, 0.25) is 0 Å². The van der Waals surface area contributed by atoms with Gasteiger partial charge >= 0.3 is 0 Å². The molecule has 3 rings (SSSR count). The Labute approximate surface area is 107 Å². The van der Waals surface area contributed by atoms with E-state index in [9.17, 15) is 0 Å². The van der Waals surface area contributed by atoms with Crippen molar-refractivity contribution < 1.29 is 0 Å². The summed E-state index contributed by atoms with van der Waals surface area (Å²) in [5.41, 5.74) is 1.36. The lowest BCUT2D eigenvalue weighted by Crippen LogP contribution is -2.37. The Morgan fingerprint density at radius 3 is 2.18 bits per heavy atom. The Morgan fingerprint density at radius 2 is 1.65 bits per heavy atom. The largest absolute Gasteiger partial charge is 0.303 e. The van der Waals surface area contributed by atoms with Gasteiger partial charge in [0.15, 0.2) is 0 Å². The summed E-state index contributed by atoms with van der Waals surface area (Å²) in [7, 11) is 0. The van der Waals surface area contributed by atoms with Crippen LogP contribution in [0.15, 0.2) is 0 Å². The topological polar surface area (TPSA) is 3.24 Å². The van der Waals surface area contributed by atoms with Crippen molar-refractivity contribution in [2.75, 3.05) is 19.6 Å². The first-order chi connectivity index (χ1) is 8.14. The SMILES string of the molecule is CC1(C)C2CCC1(CCN1CCCCC1)CC2. The minimum Gasteiger partial charge on any atom is -0.303 e. The third-order valence-corrected chi connectivity index (χ3v) is 6.69. The molecule has 0 unspecified atom stereocenters.